The predicted molar refractivity (Wildman–Crippen MR) is 75.6 cm³/mol. The largest absolute Gasteiger partial charge is 0.304 e. The van der Waals surface area contributed by atoms with Gasteiger partial charge < -0.3 is 4.90 Å². The molecule has 0 spiro atoms. The number of likely N-dealkylation sites (N-methyl/N-ethyl adjacent to an activating group) is 1. The molecular weight excluding hydrogens is 242 g/mol. The highest BCUT2D eigenvalue weighted by Gasteiger charge is 2.27. The molecule has 1 saturated heterocycles. The quantitative estimate of drug-likeness (QED) is 0.839. The van der Waals surface area contributed by atoms with E-state index in [1.54, 1.807) is 11.3 Å². The van der Waals surface area contributed by atoms with Gasteiger partial charge in [0.15, 0.2) is 0 Å². The molecule has 18 heavy (non-hydrogen) atoms. The highest BCUT2D eigenvalue weighted by molar-refractivity contribution is 7.10. The summed E-state index contributed by atoms with van der Waals surface area (Å²) in [5, 5.41) is 10.8. The van der Waals surface area contributed by atoms with Crippen LogP contribution < -0.4 is 0 Å². The summed E-state index contributed by atoms with van der Waals surface area (Å²) in [6.07, 6.45) is 0. The Bertz CT molecular complexity index is 432. The number of piperazine rings is 1. The van der Waals surface area contributed by atoms with Crippen LogP contribution in [0.15, 0.2) is 11.4 Å². The van der Waals surface area contributed by atoms with Crippen LogP contribution >= 0.6 is 11.3 Å². The van der Waals surface area contributed by atoms with Gasteiger partial charge in [0, 0.05) is 42.5 Å². The van der Waals surface area contributed by atoms with Gasteiger partial charge in [0.2, 0.25) is 0 Å². The first-order chi connectivity index (χ1) is 8.60. The Morgan fingerprint density at radius 1 is 1.50 bits per heavy atom. The minimum absolute atomic E-state index is 0.622. The summed E-state index contributed by atoms with van der Waals surface area (Å²) in [5.41, 5.74) is 0.797. The van der Waals surface area contributed by atoms with Crippen LogP contribution in [0.4, 0.5) is 0 Å². The molecule has 3 nitrogen and oxygen atoms in total. The SMILES string of the molecule is CC(C)[C@H]1CN(C)CCN1Cc1cc(C#N)cs1. The molecule has 0 aromatic carbocycles. The lowest BCUT2D eigenvalue weighted by atomic mass is 10.00. The molecule has 1 aliphatic rings. The minimum atomic E-state index is 0.622. The maximum atomic E-state index is 8.87. The van der Waals surface area contributed by atoms with Gasteiger partial charge in [0.1, 0.15) is 6.07 Å². The van der Waals surface area contributed by atoms with Crippen molar-refractivity contribution < 1.29 is 0 Å². The zero-order valence-corrected chi connectivity index (χ0v) is 12.2. The lowest BCUT2D eigenvalue weighted by molar-refractivity contribution is 0.0579. The van der Waals surface area contributed by atoms with Gasteiger partial charge in [-0.3, -0.25) is 4.90 Å². The van der Waals surface area contributed by atoms with Crippen LogP contribution in [0.3, 0.4) is 0 Å². The molecule has 4 heteroatoms. The number of nitrogens with zero attached hydrogens (tertiary/aromatic N) is 3. The van der Waals surface area contributed by atoms with Crippen molar-refractivity contribution in [2.24, 2.45) is 5.92 Å². The summed E-state index contributed by atoms with van der Waals surface area (Å²) < 4.78 is 0. The van der Waals surface area contributed by atoms with Crippen molar-refractivity contribution in [3.63, 3.8) is 0 Å². The van der Waals surface area contributed by atoms with Crippen molar-refractivity contribution in [1.29, 1.82) is 5.26 Å². The van der Waals surface area contributed by atoms with Crippen molar-refractivity contribution in [2.75, 3.05) is 26.7 Å². The smallest absolute Gasteiger partial charge is 0.100 e. The predicted octanol–water partition coefficient (Wildman–Crippen LogP) is 2.39. The lowest BCUT2D eigenvalue weighted by Crippen LogP contribution is -2.53. The number of hydrogen-bond donors (Lipinski definition) is 0. The average molecular weight is 263 g/mol. The molecule has 0 amide bonds. The van der Waals surface area contributed by atoms with E-state index in [2.05, 4.69) is 36.8 Å². The Labute approximate surface area is 114 Å². The zero-order valence-electron chi connectivity index (χ0n) is 11.4. The molecular formula is C14H21N3S. The summed E-state index contributed by atoms with van der Waals surface area (Å²) in [4.78, 5) is 6.29. The van der Waals surface area contributed by atoms with Crippen LogP contribution in [0.2, 0.25) is 0 Å². The van der Waals surface area contributed by atoms with E-state index in [0.717, 1.165) is 31.7 Å². The van der Waals surface area contributed by atoms with E-state index < -0.39 is 0 Å². The minimum Gasteiger partial charge on any atom is -0.304 e. The molecule has 0 aliphatic carbocycles. The maximum Gasteiger partial charge on any atom is 0.100 e. The fourth-order valence-corrected chi connectivity index (χ4v) is 3.38. The average Bonchev–Trinajstić information content (AvgIpc) is 2.79. The van der Waals surface area contributed by atoms with Gasteiger partial charge in [0.05, 0.1) is 5.56 Å². The number of nitriles is 1. The molecule has 0 unspecified atom stereocenters. The van der Waals surface area contributed by atoms with E-state index in [0.29, 0.717) is 12.0 Å². The first kappa shape index (κ1) is 13.5. The molecule has 2 heterocycles. The first-order valence-electron chi connectivity index (χ1n) is 6.50. The van der Waals surface area contributed by atoms with Crippen molar-refractivity contribution in [2.45, 2.75) is 26.4 Å². The molecule has 1 aromatic rings. The van der Waals surface area contributed by atoms with Crippen LogP contribution in [-0.4, -0.2) is 42.5 Å². The van der Waals surface area contributed by atoms with Gasteiger partial charge in [-0.25, -0.2) is 0 Å². The second kappa shape index (κ2) is 5.83. The highest BCUT2D eigenvalue weighted by Crippen LogP contribution is 2.22. The second-order valence-electron chi connectivity index (χ2n) is 5.46. The fourth-order valence-electron chi connectivity index (χ4n) is 2.54. The molecule has 1 aromatic heterocycles. The van der Waals surface area contributed by atoms with Crippen LogP contribution in [0.25, 0.3) is 0 Å². The lowest BCUT2D eigenvalue weighted by Gasteiger charge is -2.42. The van der Waals surface area contributed by atoms with Crippen molar-refractivity contribution in [1.82, 2.24) is 9.80 Å². The summed E-state index contributed by atoms with van der Waals surface area (Å²) in [7, 11) is 2.20. The molecule has 0 N–H and O–H groups in total. The maximum absolute atomic E-state index is 8.87. The van der Waals surface area contributed by atoms with Crippen LogP contribution in [0.5, 0.6) is 0 Å². The first-order valence-corrected chi connectivity index (χ1v) is 7.38. The normalized spacial score (nSPS) is 22.3. The van der Waals surface area contributed by atoms with Crippen LogP contribution in [0, 0.1) is 17.2 Å². The Morgan fingerprint density at radius 3 is 2.89 bits per heavy atom. The molecule has 0 radical (unpaired) electrons. The molecule has 1 fully saturated rings. The summed E-state index contributed by atoms with van der Waals surface area (Å²) >= 11 is 1.70. The zero-order chi connectivity index (χ0) is 13.1. The second-order valence-corrected chi connectivity index (χ2v) is 6.45. The summed E-state index contributed by atoms with van der Waals surface area (Å²) in [6, 6.07) is 4.86. The molecule has 98 valence electrons. The number of rotatable bonds is 3. The molecule has 2 rings (SSSR count). The van der Waals surface area contributed by atoms with Crippen molar-refractivity contribution in [3.05, 3.63) is 21.9 Å². The van der Waals surface area contributed by atoms with E-state index >= 15 is 0 Å². The molecule has 0 saturated carbocycles. The van der Waals surface area contributed by atoms with Crippen LogP contribution in [0.1, 0.15) is 24.3 Å². The number of thiophene rings is 1. The topological polar surface area (TPSA) is 30.3 Å². The van der Waals surface area contributed by atoms with Gasteiger partial charge >= 0.3 is 0 Å². The fraction of sp³-hybridized carbons (Fsp3) is 0.643. The Hall–Kier alpha value is -0.890. The molecule has 0 bridgehead atoms. The summed E-state index contributed by atoms with van der Waals surface area (Å²) in [5.74, 6) is 0.670. The van der Waals surface area contributed by atoms with E-state index in [1.165, 1.54) is 4.88 Å². The standard InChI is InChI=1S/C14H21N3S/c1-11(2)14-9-16(3)4-5-17(14)8-13-6-12(7-15)10-18-13/h6,10-11,14H,4-5,8-9H2,1-3H3/t14-/m1/s1. The third-order valence-electron chi connectivity index (χ3n) is 3.65. The third kappa shape index (κ3) is 3.11. The van der Waals surface area contributed by atoms with Crippen molar-refractivity contribution in [3.8, 4) is 6.07 Å². The Balaban J connectivity index is 2.04. The van der Waals surface area contributed by atoms with Crippen molar-refractivity contribution >= 4 is 11.3 Å². The number of hydrogen-bond acceptors (Lipinski definition) is 4. The van der Waals surface area contributed by atoms with Gasteiger partial charge in [-0.1, -0.05) is 13.8 Å². The molecule has 1 aliphatic heterocycles. The molecule has 1 atom stereocenters. The monoisotopic (exact) mass is 263 g/mol. The van der Waals surface area contributed by atoms with Gasteiger partial charge in [-0.05, 0) is 19.0 Å². The van der Waals surface area contributed by atoms with Crippen LogP contribution in [-0.2, 0) is 6.54 Å². The summed E-state index contributed by atoms with van der Waals surface area (Å²) in [6.45, 7) is 8.99. The Kier molecular flexibility index (Phi) is 4.39. The van der Waals surface area contributed by atoms with Gasteiger partial charge in [0.25, 0.3) is 0 Å². The van der Waals surface area contributed by atoms with Gasteiger partial charge in [-0.15, -0.1) is 11.3 Å². The van der Waals surface area contributed by atoms with E-state index in [1.807, 2.05) is 11.4 Å². The highest BCUT2D eigenvalue weighted by atomic mass is 32.1. The Morgan fingerprint density at radius 2 is 2.28 bits per heavy atom. The third-order valence-corrected chi connectivity index (χ3v) is 4.57. The van der Waals surface area contributed by atoms with Gasteiger partial charge in [-0.2, -0.15) is 5.26 Å². The van der Waals surface area contributed by atoms with E-state index in [-0.39, 0.29) is 0 Å². The van der Waals surface area contributed by atoms with E-state index in [4.69, 9.17) is 5.26 Å². The van der Waals surface area contributed by atoms with E-state index in [9.17, 15) is 0 Å².